The summed E-state index contributed by atoms with van der Waals surface area (Å²) in [4.78, 5) is 30.9. The van der Waals surface area contributed by atoms with Gasteiger partial charge in [0, 0.05) is 23.1 Å². The Morgan fingerprint density at radius 1 is 1.17 bits per heavy atom. The highest BCUT2D eigenvalue weighted by molar-refractivity contribution is 6.29. The Kier molecular flexibility index (Phi) is 4.09. The van der Waals surface area contributed by atoms with Crippen LogP contribution in [-0.4, -0.2) is 20.8 Å². The van der Waals surface area contributed by atoms with E-state index in [4.69, 9.17) is 11.6 Å². The lowest BCUT2D eigenvalue weighted by molar-refractivity contribution is -0.384. The quantitative estimate of drug-likeness (QED) is 0.444. The van der Waals surface area contributed by atoms with Gasteiger partial charge in [0.2, 0.25) is 0 Å². The number of benzene rings is 1. The van der Waals surface area contributed by atoms with Crippen molar-refractivity contribution in [3.63, 3.8) is 0 Å². The minimum absolute atomic E-state index is 0.0632. The highest BCUT2D eigenvalue weighted by atomic mass is 35.5. The van der Waals surface area contributed by atoms with Crippen molar-refractivity contribution in [3.05, 3.63) is 68.9 Å². The van der Waals surface area contributed by atoms with Crippen molar-refractivity contribution in [1.82, 2.24) is 9.97 Å². The van der Waals surface area contributed by atoms with Crippen LogP contribution in [0.25, 0.3) is 11.0 Å². The molecule has 0 bridgehead atoms. The Bertz CT molecular complexity index is 975. The average molecular weight is 343 g/mol. The second-order valence-electron chi connectivity index (χ2n) is 5.09. The third-order valence-electron chi connectivity index (χ3n) is 3.43. The second-order valence-corrected chi connectivity index (χ2v) is 5.47. The first-order valence-corrected chi connectivity index (χ1v) is 7.31. The second kappa shape index (κ2) is 6.21. The first-order valence-electron chi connectivity index (χ1n) is 6.94. The zero-order chi connectivity index (χ0) is 17.3. The number of carbonyl (C=O) groups excluding carboxylic acids is 1. The average Bonchev–Trinajstić information content (AvgIpc) is 2.54. The highest BCUT2D eigenvalue weighted by Gasteiger charge is 2.14. The van der Waals surface area contributed by atoms with Gasteiger partial charge in [-0.1, -0.05) is 11.6 Å². The number of amides is 1. The van der Waals surface area contributed by atoms with E-state index in [1.54, 1.807) is 31.2 Å². The predicted molar refractivity (Wildman–Crippen MR) is 90.3 cm³/mol. The van der Waals surface area contributed by atoms with Gasteiger partial charge in [-0.25, -0.2) is 9.97 Å². The number of carbonyl (C=O) groups is 1. The molecule has 0 radical (unpaired) electrons. The van der Waals surface area contributed by atoms with E-state index >= 15 is 0 Å². The number of rotatable bonds is 3. The summed E-state index contributed by atoms with van der Waals surface area (Å²) in [6.07, 6.45) is 0. The topological polar surface area (TPSA) is 98.0 Å². The van der Waals surface area contributed by atoms with Gasteiger partial charge in [0.1, 0.15) is 11.0 Å². The fraction of sp³-hybridized carbons (Fsp3) is 0.0625. The fourth-order valence-electron chi connectivity index (χ4n) is 2.25. The number of anilines is 1. The molecule has 0 spiro atoms. The molecule has 0 fully saturated rings. The van der Waals surface area contributed by atoms with Gasteiger partial charge in [-0.2, -0.15) is 0 Å². The molecule has 0 aliphatic rings. The lowest BCUT2D eigenvalue weighted by atomic mass is 10.1. The largest absolute Gasteiger partial charge is 0.306 e. The molecule has 3 rings (SSSR count). The van der Waals surface area contributed by atoms with Crippen LogP contribution in [0.2, 0.25) is 5.15 Å². The number of fused-ring (bicyclic) bond motifs is 1. The van der Waals surface area contributed by atoms with Crippen LogP contribution in [0.4, 0.5) is 11.5 Å². The minimum atomic E-state index is -0.505. The lowest BCUT2D eigenvalue weighted by Gasteiger charge is -2.07. The van der Waals surface area contributed by atoms with Crippen LogP contribution in [0.3, 0.4) is 0 Å². The number of nitro benzene ring substituents is 1. The van der Waals surface area contributed by atoms with Gasteiger partial charge in [-0.05, 0) is 42.8 Å². The number of aromatic nitrogens is 2. The number of aryl methyl sites for hydroxylation is 1. The number of pyridine rings is 2. The SMILES string of the molecule is Cc1cc([N+](=O)[O-])ccc1C(=O)Nc1ccc2ccc(Cl)nc2n1. The fourth-order valence-corrected chi connectivity index (χ4v) is 2.39. The van der Waals surface area contributed by atoms with Gasteiger partial charge in [0.25, 0.3) is 11.6 Å². The highest BCUT2D eigenvalue weighted by Crippen LogP contribution is 2.20. The Hall–Kier alpha value is -3.06. The standard InChI is InChI=1S/C16H11ClN4O3/c1-9-8-11(21(23)24)4-5-12(9)16(22)20-14-7-3-10-2-6-13(17)18-15(10)19-14/h2-8H,1H3,(H,18,19,20,22). The number of halogens is 1. The van der Waals surface area contributed by atoms with Crippen molar-refractivity contribution in [2.24, 2.45) is 0 Å². The van der Waals surface area contributed by atoms with Crippen LogP contribution in [0.1, 0.15) is 15.9 Å². The molecule has 7 nitrogen and oxygen atoms in total. The Morgan fingerprint density at radius 2 is 1.92 bits per heavy atom. The number of nitrogens with one attached hydrogen (secondary N) is 1. The summed E-state index contributed by atoms with van der Waals surface area (Å²) in [6, 6.07) is 10.9. The van der Waals surface area contributed by atoms with Gasteiger partial charge >= 0.3 is 0 Å². The summed E-state index contributed by atoms with van der Waals surface area (Å²) in [7, 11) is 0. The molecule has 0 aliphatic heterocycles. The third-order valence-corrected chi connectivity index (χ3v) is 3.64. The van der Waals surface area contributed by atoms with Crippen LogP contribution in [0.5, 0.6) is 0 Å². The van der Waals surface area contributed by atoms with Crippen molar-refractivity contribution in [1.29, 1.82) is 0 Å². The smallest absolute Gasteiger partial charge is 0.269 e. The molecule has 0 aliphatic carbocycles. The molecule has 3 aromatic rings. The summed E-state index contributed by atoms with van der Waals surface area (Å²) >= 11 is 5.84. The monoisotopic (exact) mass is 342 g/mol. The number of non-ortho nitro benzene ring substituents is 1. The molecule has 2 aromatic heterocycles. The van der Waals surface area contributed by atoms with E-state index in [0.717, 1.165) is 5.39 Å². The van der Waals surface area contributed by atoms with Crippen LogP contribution in [0, 0.1) is 17.0 Å². The van der Waals surface area contributed by atoms with Crippen molar-refractivity contribution >= 4 is 40.0 Å². The van der Waals surface area contributed by atoms with Crippen LogP contribution >= 0.6 is 11.6 Å². The van der Waals surface area contributed by atoms with Crippen molar-refractivity contribution in [3.8, 4) is 0 Å². The molecule has 0 unspecified atom stereocenters. The van der Waals surface area contributed by atoms with E-state index in [9.17, 15) is 14.9 Å². The van der Waals surface area contributed by atoms with E-state index in [1.165, 1.54) is 18.2 Å². The molecule has 1 N–H and O–H groups in total. The van der Waals surface area contributed by atoms with E-state index in [2.05, 4.69) is 15.3 Å². The van der Waals surface area contributed by atoms with E-state index < -0.39 is 10.8 Å². The molecule has 0 atom stereocenters. The molecule has 0 saturated carbocycles. The maximum absolute atomic E-state index is 12.4. The molecule has 2 heterocycles. The third kappa shape index (κ3) is 3.16. The molecule has 1 aromatic carbocycles. The van der Waals surface area contributed by atoms with E-state index in [1.807, 2.05) is 0 Å². The predicted octanol–water partition coefficient (Wildman–Crippen LogP) is 3.75. The minimum Gasteiger partial charge on any atom is -0.306 e. The van der Waals surface area contributed by atoms with Gasteiger partial charge < -0.3 is 5.32 Å². The number of hydrogen-bond donors (Lipinski definition) is 1. The van der Waals surface area contributed by atoms with E-state index in [-0.39, 0.29) is 5.69 Å². The zero-order valence-corrected chi connectivity index (χ0v) is 13.2. The first kappa shape index (κ1) is 15.8. The molecular formula is C16H11ClN4O3. The number of nitro groups is 1. The molecule has 24 heavy (non-hydrogen) atoms. The Balaban J connectivity index is 1.88. The number of hydrogen-bond acceptors (Lipinski definition) is 5. The summed E-state index contributed by atoms with van der Waals surface area (Å²) < 4.78 is 0. The lowest BCUT2D eigenvalue weighted by Crippen LogP contribution is -2.14. The Labute approximate surface area is 141 Å². The molecule has 8 heteroatoms. The van der Waals surface area contributed by atoms with Crippen LogP contribution < -0.4 is 5.32 Å². The summed E-state index contributed by atoms with van der Waals surface area (Å²) in [5.41, 5.74) is 1.19. The summed E-state index contributed by atoms with van der Waals surface area (Å²) in [5, 5.41) is 14.5. The van der Waals surface area contributed by atoms with Gasteiger partial charge in [-0.15, -0.1) is 0 Å². The molecular weight excluding hydrogens is 332 g/mol. The van der Waals surface area contributed by atoms with Crippen LogP contribution in [-0.2, 0) is 0 Å². The van der Waals surface area contributed by atoms with Crippen molar-refractivity contribution < 1.29 is 9.72 Å². The van der Waals surface area contributed by atoms with Crippen molar-refractivity contribution in [2.45, 2.75) is 6.92 Å². The summed E-state index contributed by atoms with van der Waals surface area (Å²) in [5.74, 6) is -0.0868. The molecule has 0 saturated heterocycles. The van der Waals surface area contributed by atoms with Crippen molar-refractivity contribution in [2.75, 3.05) is 5.32 Å². The maximum Gasteiger partial charge on any atom is 0.269 e. The summed E-state index contributed by atoms with van der Waals surface area (Å²) in [6.45, 7) is 1.64. The Morgan fingerprint density at radius 3 is 2.62 bits per heavy atom. The van der Waals surface area contributed by atoms with Gasteiger partial charge in [-0.3, -0.25) is 14.9 Å². The first-order chi connectivity index (χ1) is 11.4. The molecule has 120 valence electrons. The van der Waals surface area contributed by atoms with E-state index in [0.29, 0.717) is 27.7 Å². The number of nitrogens with zero attached hydrogens (tertiary/aromatic N) is 3. The van der Waals surface area contributed by atoms with Gasteiger partial charge in [0.05, 0.1) is 4.92 Å². The zero-order valence-electron chi connectivity index (χ0n) is 12.5. The molecule has 1 amide bonds. The maximum atomic E-state index is 12.4. The van der Waals surface area contributed by atoms with Crippen LogP contribution in [0.15, 0.2) is 42.5 Å². The van der Waals surface area contributed by atoms with Gasteiger partial charge in [0.15, 0.2) is 5.65 Å². The normalized spacial score (nSPS) is 10.6.